The highest BCUT2D eigenvalue weighted by atomic mass is 19.4. The Morgan fingerprint density at radius 2 is 2.09 bits per heavy atom. The summed E-state index contributed by atoms with van der Waals surface area (Å²) in [5, 5.41) is 13.1. The van der Waals surface area contributed by atoms with Gasteiger partial charge in [0.1, 0.15) is 5.75 Å². The van der Waals surface area contributed by atoms with Crippen LogP contribution in [0.2, 0.25) is 0 Å². The predicted octanol–water partition coefficient (Wildman–Crippen LogP) is 2.86. The van der Waals surface area contributed by atoms with E-state index in [0.29, 0.717) is 18.5 Å². The van der Waals surface area contributed by atoms with Crippen molar-refractivity contribution in [2.75, 3.05) is 26.3 Å². The quantitative estimate of drug-likeness (QED) is 0.834. The molecule has 1 aromatic carbocycles. The van der Waals surface area contributed by atoms with Gasteiger partial charge in [0, 0.05) is 32.4 Å². The molecule has 1 N–H and O–H groups in total. The smallest absolute Gasteiger partial charge is 0.422 e. The molecule has 1 aliphatic rings. The first kappa shape index (κ1) is 17.6. The first-order valence-corrected chi connectivity index (χ1v) is 7.47. The molecule has 7 heteroatoms. The molecular formula is C16H21F3N2O2. The summed E-state index contributed by atoms with van der Waals surface area (Å²) >= 11 is 0. The molecule has 0 saturated heterocycles. The lowest BCUT2D eigenvalue weighted by Gasteiger charge is -2.29. The Kier molecular flexibility index (Phi) is 5.90. The average molecular weight is 330 g/mol. The number of aryl methyl sites for hydroxylation is 1. The molecule has 0 bridgehead atoms. The van der Waals surface area contributed by atoms with Gasteiger partial charge in [0.2, 0.25) is 0 Å². The van der Waals surface area contributed by atoms with Gasteiger partial charge in [-0.25, -0.2) is 5.01 Å². The average Bonchev–Trinajstić information content (AvgIpc) is 2.90. The van der Waals surface area contributed by atoms with E-state index in [1.165, 1.54) is 0 Å². The standard InChI is InChI=1S/C16H21F3N2O2/c1-13-10-14(4-5-15(13)23-12-16(17,18)19)11-21-7-2-6-20(21)8-3-9-22/h2,4-6,10,22H,3,7-9,11-12H2,1H3. The Morgan fingerprint density at radius 1 is 1.30 bits per heavy atom. The number of aliphatic hydroxyl groups is 1. The van der Waals surface area contributed by atoms with Crippen LogP contribution in [0.25, 0.3) is 0 Å². The topological polar surface area (TPSA) is 35.9 Å². The lowest BCUT2D eigenvalue weighted by molar-refractivity contribution is -0.153. The van der Waals surface area contributed by atoms with E-state index in [1.54, 1.807) is 19.1 Å². The van der Waals surface area contributed by atoms with Crippen LogP contribution in [0.1, 0.15) is 17.5 Å². The minimum Gasteiger partial charge on any atom is -0.484 e. The minimum atomic E-state index is -4.33. The summed E-state index contributed by atoms with van der Waals surface area (Å²) in [6, 6.07) is 5.20. The van der Waals surface area contributed by atoms with Crippen LogP contribution in [0, 0.1) is 6.92 Å². The molecule has 23 heavy (non-hydrogen) atoms. The molecule has 128 valence electrons. The number of hydrazine groups is 1. The van der Waals surface area contributed by atoms with Gasteiger partial charge in [-0.2, -0.15) is 13.2 Å². The third-order valence-corrected chi connectivity index (χ3v) is 3.50. The van der Waals surface area contributed by atoms with E-state index in [4.69, 9.17) is 9.84 Å². The largest absolute Gasteiger partial charge is 0.484 e. The van der Waals surface area contributed by atoms with E-state index >= 15 is 0 Å². The molecule has 1 aromatic rings. The van der Waals surface area contributed by atoms with Gasteiger partial charge in [0.25, 0.3) is 0 Å². The molecule has 0 amide bonds. The number of ether oxygens (including phenoxy) is 1. The van der Waals surface area contributed by atoms with Crippen molar-refractivity contribution in [3.63, 3.8) is 0 Å². The normalized spacial score (nSPS) is 15.4. The van der Waals surface area contributed by atoms with Gasteiger partial charge in [-0.05, 0) is 30.5 Å². The minimum absolute atomic E-state index is 0.141. The maximum Gasteiger partial charge on any atom is 0.422 e. The summed E-state index contributed by atoms with van der Waals surface area (Å²) in [4.78, 5) is 0. The van der Waals surface area contributed by atoms with Gasteiger partial charge in [-0.3, -0.25) is 0 Å². The predicted molar refractivity (Wildman–Crippen MR) is 80.7 cm³/mol. The zero-order valence-corrected chi connectivity index (χ0v) is 13.0. The van der Waals surface area contributed by atoms with Crippen LogP contribution in [0.5, 0.6) is 5.75 Å². The summed E-state index contributed by atoms with van der Waals surface area (Å²) in [6.45, 7) is 2.76. The second-order valence-corrected chi connectivity index (χ2v) is 5.48. The number of halogens is 3. The second kappa shape index (κ2) is 7.70. The van der Waals surface area contributed by atoms with Gasteiger partial charge in [-0.15, -0.1) is 0 Å². The zero-order valence-electron chi connectivity index (χ0n) is 13.0. The van der Waals surface area contributed by atoms with Crippen LogP contribution in [0.15, 0.2) is 30.5 Å². The summed E-state index contributed by atoms with van der Waals surface area (Å²) in [5.74, 6) is 0.253. The summed E-state index contributed by atoms with van der Waals surface area (Å²) in [7, 11) is 0. The monoisotopic (exact) mass is 330 g/mol. The molecule has 0 unspecified atom stereocenters. The van der Waals surface area contributed by atoms with Crippen molar-refractivity contribution in [1.29, 1.82) is 0 Å². The van der Waals surface area contributed by atoms with E-state index in [2.05, 4.69) is 5.01 Å². The van der Waals surface area contributed by atoms with Crippen molar-refractivity contribution >= 4 is 0 Å². The molecule has 2 rings (SSSR count). The van der Waals surface area contributed by atoms with Crippen molar-refractivity contribution in [1.82, 2.24) is 10.0 Å². The van der Waals surface area contributed by atoms with Crippen molar-refractivity contribution < 1.29 is 23.0 Å². The van der Waals surface area contributed by atoms with Crippen LogP contribution in [-0.2, 0) is 6.54 Å². The molecule has 0 radical (unpaired) electrons. The van der Waals surface area contributed by atoms with Gasteiger partial charge in [0.05, 0.1) is 0 Å². The maximum absolute atomic E-state index is 12.2. The summed E-state index contributed by atoms with van der Waals surface area (Å²) in [5.41, 5.74) is 1.68. The van der Waals surface area contributed by atoms with Gasteiger partial charge < -0.3 is 14.9 Å². The van der Waals surface area contributed by atoms with E-state index in [9.17, 15) is 13.2 Å². The fourth-order valence-electron chi connectivity index (χ4n) is 2.44. The van der Waals surface area contributed by atoms with Crippen LogP contribution in [0.3, 0.4) is 0 Å². The third-order valence-electron chi connectivity index (χ3n) is 3.50. The molecule has 0 saturated carbocycles. The number of benzene rings is 1. The Labute approximate surface area is 133 Å². The van der Waals surface area contributed by atoms with Gasteiger partial charge in [0.15, 0.2) is 6.61 Å². The molecule has 1 heterocycles. The SMILES string of the molecule is Cc1cc(CN2CC=CN2CCCO)ccc1OCC(F)(F)F. The highest BCUT2D eigenvalue weighted by Crippen LogP contribution is 2.24. The van der Waals surface area contributed by atoms with Crippen LogP contribution >= 0.6 is 0 Å². The van der Waals surface area contributed by atoms with E-state index in [1.807, 2.05) is 23.4 Å². The van der Waals surface area contributed by atoms with Gasteiger partial charge >= 0.3 is 6.18 Å². The zero-order chi connectivity index (χ0) is 16.9. The highest BCUT2D eigenvalue weighted by Gasteiger charge is 2.28. The van der Waals surface area contributed by atoms with E-state index in [-0.39, 0.29) is 12.4 Å². The van der Waals surface area contributed by atoms with E-state index < -0.39 is 12.8 Å². The third kappa shape index (κ3) is 5.44. The summed E-state index contributed by atoms with van der Waals surface area (Å²) in [6.07, 6.45) is 0.359. The van der Waals surface area contributed by atoms with Crippen molar-refractivity contribution in [3.8, 4) is 5.75 Å². The molecule has 0 spiro atoms. The van der Waals surface area contributed by atoms with Crippen molar-refractivity contribution in [3.05, 3.63) is 41.6 Å². The Morgan fingerprint density at radius 3 is 2.74 bits per heavy atom. The van der Waals surface area contributed by atoms with Crippen LogP contribution in [0.4, 0.5) is 13.2 Å². The Hall–Kier alpha value is -1.73. The Bertz CT molecular complexity index is 547. The molecular weight excluding hydrogens is 309 g/mol. The van der Waals surface area contributed by atoms with Crippen LogP contribution in [-0.4, -0.2) is 47.6 Å². The number of nitrogens with zero attached hydrogens (tertiary/aromatic N) is 2. The van der Waals surface area contributed by atoms with Gasteiger partial charge in [-0.1, -0.05) is 18.2 Å². The van der Waals surface area contributed by atoms with Crippen LogP contribution < -0.4 is 4.74 Å². The molecule has 0 aromatic heterocycles. The molecule has 1 aliphatic heterocycles. The molecule has 0 fully saturated rings. The highest BCUT2D eigenvalue weighted by molar-refractivity contribution is 5.36. The lowest BCUT2D eigenvalue weighted by Crippen LogP contribution is -2.35. The lowest BCUT2D eigenvalue weighted by atomic mass is 10.1. The fraction of sp³-hybridized carbons (Fsp3) is 0.500. The Balaban J connectivity index is 1.95. The molecule has 0 aliphatic carbocycles. The van der Waals surface area contributed by atoms with E-state index in [0.717, 1.165) is 18.7 Å². The molecule has 0 atom stereocenters. The number of aliphatic hydroxyl groups excluding tert-OH is 1. The number of hydrogen-bond donors (Lipinski definition) is 1. The number of hydrogen-bond acceptors (Lipinski definition) is 4. The second-order valence-electron chi connectivity index (χ2n) is 5.48. The maximum atomic E-state index is 12.2. The summed E-state index contributed by atoms with van der Waals surface area (Å²) < 4.78 is 41.4. The first-order valence-electron chi connectivity index (χ1n) is 7.47. The number of alkyl halides is 3. The van der Waals surface area contributed by atoms with Crippen molar-refractivity contribution in [2.24, 2.45) is 0 Å². The fourth-order valence-corrected chi connectivity index (χ4v) is 2.44. The molecule has 4 nitrogen and oxygen atoms in total. The van der Waals surface area contributed by atoms with Crippen molar-refractivity contribution in [2.45, 2.75) is 26.1 Å². The first-order chi connectivity index (χ1) is 10.9. The number of rotatable bonds is 7.